The van der Waals surface area contributed by atoms with Gasteiger partial charge in [-0.25, -0.2) is 18.4 Å². The molecule has 0 radical (unpaired) electrons. The Labute approximate surface area is 150 Å². The smallest absolute Gasteiger partial charge is 0.318 e. The zero-order valence-electron chi connectivity index (χ0n) is 14.1. The standard InChI is InChI=1S/C16H18N4O5S/c1-18-16(22)20-11-5-3-10(4-6-11)19-15(21)13-9-12(26(17,23)24)7-8-14(13)25-2/h3-9H,1-2H3,(H,19,21)(H2,17,23,24)(H2,18,20,22). The molecular weight excluding hydrogens is 360 g/mol. The van der Waals surface area contributed by atoms with Crippen LogP contribution in [-0.2, 0) is 10.0 Å². The fraction of sp³-hybridized carbons (Fsp3) is 0.125. The molecule has 5 N–H and O–H groups in total. The molecular formula is C16H18N4O5S. The Morgan fingerprint density at radius 2 is 1.58 bits per heavy atom. The van der Waals surface area contributed by atoms with Gasteiger partial charge < -0.3 is 20.7 Å². The third-order valence-corrected chi connectivity index (χ3v) is 4.28. The van der Waals surface area contributed by atoms with E-state index in [-0.39, 0.29) is 22.2 Å². The summed E-state index contributed by atoms with van der Waals surface area (Å²) >= 11 is 0. The fourth-order valence-electron chi connectivity index (χ4n) is 2.07. The minimum absolute atomic E-state index is 0.0200. The molecule has 0 aliphatic carbocycles. The Kier molecular flexibility index (Phi) is 5.80. The number of ether oxygens (including phenoxy) is 1. The summed E-state index contributed by atoms with van der Waals surface area (Å²) in [7, 11) is -1.10. The van der Waals surface area contributed by atoms with E-state index >= 15 is 0 Å². The van der Waals surface area contributed by atoms with Crippen LogP contribution in [0.15, 0.2) is 47.4 Å². The summed E-state index contributed by atoms with van der Waals surface area (Å²) < 4.78 is 28.1. The average molecular weight is 378 g/mol. The number of sulfonamides is 1. The first-order valence-electron chi connectivity index (χ1n) is 7.35. The van der Waals surface area contributed by atoms with Crippen LogP contribution >= 0.6 is 0 Å². The van der Waals surface area contributed by atoms with E-state index in [1.54, 1.807) is 24.3 Å². The summed E-state index contributed by atoms with van der Waals surface area (Å²) in [6.45, 7) is 0. The molecule has 0 aliphatic heterocycles. The number of carbonyl (C=O) groups is 2. The molecule has 0 saturated carbocycles. The van der Waals surface area contributed by atoms with Crippen molar-refractivity contribution in [3.8, 4) is 5.75 Å². The minimum atomic E-state index is -3.96. The van der Waals surface area contributed by atoms with Gasteiger partial charge in [-0.15, -0.1) is 0 Å². The molecule has 2 aromatic carbocycles. The van der Waals surface area contributed by atoms with Gasteiger partial charge in [0.1, 0.15) is 5.75 Å². The maximum Gasteiger partial charge on any atom is 0.318 e. The van der Waals surface area contributed by atoms with Crippen molar-refractivity contribution in [1.82, 2.24) is 5.32 Å². The largest absolute Gasteiger partial charge is 0.496 e. The van der Waals surface area contributed by atoms with Crippen molar-refractivity contribution >= 4 is 33.3 Å². The summed E-state index contributed by atoms with van der Waals surface area (Å²) in [5.74, 6) is -0.368. The Hall–Kier alpha value is -3.11. The van der Waals surface area contributed by atoms with Gasteiger partial charge >= 0.3 is 6.03 Å². The van der Waals surface area contributed by atoms with Crippen molar-refractivity contribution in [2.75, 3.05) is 24.8 Å². The first-order chi connectivity index (χ1) is 12.2. The number of rotatable bonds is 5. The summed E-state index contributed by atoms with van der Waals surface area (Å²) in [6, 6.07) is 9.75. The van der Waals surface area contributed by atoms with Gasteiger partial charge in [-0.3, -0.25) is 4.79 Å². The third-order valence-electron chi connectivity index (χ3n) is 3.37. The molecule has 9 nitrogen and oxygen atoms in total. The number of anilines is 2. The minimum Gasteiger partial charge on any atom is -0.496 e. The van der Waals surface area contributed by atoms with Gasteiger partial charge in [-0.05, 0) is 42.5 Å². The summed E-state index contributed by atoms with van der Waals surface area (Å²) in [5.41, 5.74) is 1.00. The average Bonchev–Trinajstić information content (AvgIpc) is 2.61. The van der Waals surface area contributed by atoms with Crippen LogP contribution < -0.4 is 25.8 Å². The number of amides is 3. The van der Waals surface area contributed by atoms with Crippen LogP contribution in [0.25, 0.3) is 0 Å². The lowest BCUT2D eigenvalue weighted by Gasteiger charge is -2.11. The lowest BCUT2D eigenvalue weighted by molar-refractivity contribution is 0.102. The number of hydrogen-bond donors (Lipinski definition) is 4. The fourth-order valence-corrected chi connectivity index (χ4v) is 2.61. The monoisotopic (exact) mass is 378 g/mol. The SMILES string of the molecule is CNC(=O)Nc1ccc(NC(=O)c2cc(S(N)(=O)=O)ccc2OC)cc1. The normalized spacial score (nSPS) is 10.7. The van der Waals surface area contributed by atoms with Gasteiger partial charge in [0.2, 0.25) is 10.0 Å². The molecule has 0 aromatic heterocycles. The highest BCUT2D eigenvalue weighted by Gasteiger charge is 2.17. The van der Waals surface area contributed by atoms with E-state index in [1.807, 2.05) is 0 Å². The van der Waals surface area contributed by atoms with Gasteiger partial charge in [-0.2, -0.15) is 0 Å². The summed E-state index contributed by atoms with van der Waals surface area (Å²) in [5, 5.41) is 12.7. The molecule has 0 aliphatic rings. The number of primary sulfonamides is 1. The van der Waals surface area contributed by atoms with Crippen molar-refractivity contribution in [3.05, 3.63) is 48.0 Å². The number of methoxy groups -OCH3 is 1. The van der Waals surface area contributed by atoms with E-state index in [0.29, 0.717) is 11.4 Å². The van der Waals surface area contributed by atoms with Crippen LogP contribution in [-0.4, -0.2) is 34.5 Å². The number of nitrogens with two attached hydrogens (primary N) is 1. The second-order valence-electron chi connectivity index (χ2n) is 5.14. The second-order valence-corrected chi connectivity index (χ2v) is 6.70. The van der Waals surface area contributed by atoms with Gasteiger partial charge in [0, 0.05) is 18.4 Å². The molecule has 2 aromatic rings. The number of benzene rings is 2. The number of carbonyl (C=O) groups excluding carboxylic acids is 2. The van der Waals surface area contributed by atoms with E-state index in [4.69, 9.17) is 9.88 Å². The molecule has 138 valence electrons. The van der Waals surface area contributed by atoms with Gasteiger partial charge in [0.15, 0.2) is 0 Å². The highest BCUT2D eigenvalue weighted by Crippen LogP contribution is 2.23. The molecule has 3 amide bonds. The summed E-state index contributed by atoms with van der Waals surface area (Å²) in [6.07, 6.45) is 0. The van der Waals surface area contributed by atoms with E-state index in [2.05, 4.69) is 16.0 Å². The van der Waals surface area contributed by atoms with Crippen LogP contribution in [0.4, 0.5) is 16.2 Å². The van der Waals surface area contributed by atoms with Crippen molar-refractivity contribution < 1.29 is 22.7 Å². The predicted molar refractivity (Wildman–Crippen MR) is 96.8 cm³/mol. The maximum atomic E-state index is 12.5. The lowest BCUT2D eigenvalue weighted by Crippen LogP contribution is -2.24. The molecule has 0 fully saturated rings. The molecule has 0 atom stereocenters. The Morgan fingerprint density at radius 1 is 1.00 bits per heavy atom. The first-order valence-corrected chi connectivity index (χ1v) is 8.90. The second kappa shape index (κ2) is 7.85. The Balaban J connectivity index is 2.23. The van der Waals surface area contributed by atoms with Crippen LogP contribution in [0, 0.1) is 0 Å². The maximum absolute atomic E-state index is 12.5. The molecule has 0 unspecified atom stereocenters. The Bertz CT molecular complexity index is 926. The van der Waals surface area contributed by atoms with Gasteiger partial charge in [0.25, 0.3) is 5.91 Å². The summed E-state index contributed by atoms with van der Waals surface area (Å²) in [4.78, 5) is 23.5. The van der Waals surface area contributed by atoms with Gasteiger partial charge in [0.05, 0.1) is 17.6 Å². The molecule has 0 saturated heterocycles. The van der Waals surface area contributed by atoms with Crippen LogP contribution in [0.1, 0.15) is 10.4 Å². The molecule has 26 heavy (non-hydrogen) atoms. The zero-order chi connectivity index (χ0) is 19.3. The number of nitrogens with one attached hydrogen (secondary N) is 3. The first kappa shape index (κ1) is 19.2. The van der Waals surface area contributed by atoms with E-state index in [1.165, 1.54) is 26.3 Å². The molecule has 0 spiro atoms. The highest BCUT2D eigenvalue weighted by molar-refractivity contribution is 7.89. The molecule has 0 heterocycles. The molecule has 10 heteroatoms. The van der Waals surface area contributed by atoms with E-state index in [9.17, 15) is 18.0 Å². The quantitative estimate of drug-likeness (QED) is 0.622. The van der Waals surface area contributed by atoms with Crippen molar-refractivity contribution in [2.24, 2.45) is 5.14 Å². The van der Waals surface area contributed by atoms with Crippen LogP contribution in [0.3, 0.4) is 0 Å². The van der Waals surface area contributed by atoms with Crippen LogP contribution in [0.2, 0.25) is 0 Å². The lowest BCUT2D eigenvalue weighted by atomic mass is 10.1. The van der Waals surface area contributed by atoms with E-state index < -0.39 is 15.9 Å². The number of urea groups is 1. The number of hydrogen-bond acceptors (Lipinski definition) is 5. The molecule has 0 bridgehead atoms. The van der Waals surface area contributed by atoms with Gasteiger partial charge in [-0.1, -0.05) is 0 Å². The van der Waals surface area contributed by atoms with Crippen LogP contribution in [0.5, 0.6) is 5.75 Å². The van der Waals surface area contributed by atoms with Crippen molar-refractivity contribution in [3.63, 3.8) is 0 Å². The Morgan fingerprint density at radius 3 is 2.08 bits per heavy atom. The molecule has 2 rings (SSSR count). The van der Waals surface area contributed by atoms with Crippen molar-refractivity contribution in [1.29, 1.82) is 0 Å². The topological polar surface area (TPSA) is 140 Å². The zero-order valence-corrected chi connectivity index (χ0v) is 14.9. The predicted octanol–water partition coefficient (Wildman–Crippen LogP) is 1.35. The third kappa shape index (κ3) is 4.71. The highest BCUT2D eigenvalue weighted by atomic mass is 32.2. The van der Waals surface area contributed by atoms with Crippen molar-refractivity contribution in [2.45, 2.75) is 4.90 Å². The van der Waals surface area contributed by atoms with E-state index in [0.717, 1.165) is 6.07 Å².